The van der Waals surface area contributed by atoms with E-state index in [9.17, 15) is 0 Å². The normalized spacial score (nSPS) is 10.9. The number of nitrogens with zero attached hydrogens (tertiary/aromatic N) is 2. The molecule has 0 unspecified atom stereocenters. The van der Waals surface area contributed by atoms with Crippen LogP contribution in [0.2, 0.25) is 0 Å². The molecule has 2 rings (SSSR count). The molecular formula is C18H26IN3OS. The molecule has 0 radical (unpaired) electrons. The van der Waals surface area contributed by atoms with Crippen LogP contribution in [-0.2, 0) is 13.0 Å². The Morgan fingerprint density at radius 3 is 2.58 bits per heavy atom. The number of ether oxygens (including phenoxy) is 1. The largest absolute Gasteiger partial charge is 0.494 e. The molecule has 132 valence electrons. The summed E-state index contributed by atoms with van der Waals surface area (Å²) in [6.07, 6.45) is 1.02. The predicted molar refractivity (Wildman–Crippen MR) is 114 cm³/mol. The quantitative estimate of drug-likeness (QED) is 0.386. The number of halogens is 1. The van der Waals surface area contributed by atoms with Crippen molar-refractivity contribution in [2.24, 2.45) is 4.99 Å². The van der Waals surface area contributed by atoms with E-state index < -0.39 is 0 Å². The molecule has 1 N–H and O–H groups in total. The molecule has 0 aliphatic carbocycles. The van der Waals surface area contributed by atoms with Crippen molar-refractivity contribution in [1.29, 1.82) is 0 Å². The summed E-state index contributed by atoms with van der Waals surface area (Å²) in [4.78, 5) is 7.88. The number of nitrogens with one attached hydrogen (secondary N) is 1. The Kier molecular flexibility index (Phi) is 9.78. The Morgan fingerprint density at radius 2 is 2.00 bits per heavy atom. The van der Waals surface area contributed by atoms with Gasteiger partial charge < -0.3 is 15.0 Å². The minimum absolute atomic E-state index is 0. The molecule has 6 heteroatoms. The van der Waals surface area contributed by atoms with Crippen LogP contribution in [0.3, 0.4) is 0 Å². The molecule has 0 aliphatic heterocycles. The molecule has 1 heterocycles. The molecule has 2 aromatic rings. The van der Waals surface area contributed by atoms with Crippen LogP contribution in [-0.4, -0.2) is 38.1 Å². The number of hydrogen-bond donors (Lipinski definition) is 1. The van der Waals surface area contributed by atoms with E-state index in [2.05, 4.69) is 51.9 Å². The molecule has 24 heavy (non-hydrogen) atoms. The van der Waals surface area contributed by atoms with Crippen LogP contribution < -0.4 is 10.1 Å². The second-order valence-corrected chi connectivity index (χ2v) is 6.27. The second-order valence-electron chi connectivity index (χ2n) is 5.24. The summed E-state index contributed by atoms with van der Waals surface area (Å²) in [7, 11) is 3.87. The highest BCUT2D eigenvalue weighted by Gasteiger charge is 2.06. The van der Waals surface area contributed by atoms with E-state index in [1.165, 1.54) is 10.4 Å². The zero-order valence-corrected chi connectivity index (χ0v) is 17.6. The molecule has 0 bridgehead atoms. The molecule has 0 saturated heterocycles. The van der Waals surface area contributed by atoms with Crippen molar-refractivity contribution in [3.63, 3.8) is 0 Å². The van der Waals surface area contributed by atoms with Crippen molar-refractivity contribution < 1.29 is 4.74 Å². The van der Waals surface area contributed by atoms with Crippen LogP contribution in [0.5, 0.6) is 5.75 Å². The third kappa shape index (κ3) is 6.68. The number of benzene rings is 1. The zero-order valence-electron chi connectivity index (χ0n) is 14.5. The number of guanidine groups is 1. The van der Waals surface area contributed by atoms with Crippen LogP contribution in [0.4, 0.5) is 0 Å². The Hall–Kier alpha value is -1.28. The third-order valence-corrected chi connectivity index (χ3v) is 4.40. The lowest BCUT2D eigenvalue weighted by Crippen LogP contribution is -2.39. The van der Waals surface area contributed by atoms with Gasteiger partial charge in [-0.05, 0) is 42.5 Å². The Labute approximate surface area is 166 Å². The van der Waals surface area contributed by atoms with E-state index in [0.717, 1.165) is 31.2 Å². The van der Waals surface area contributed by atoms with E-state index >= 15 is 0 Å². The monoisotopic (exact) mass is 459 g/mol. The van der Waals surface area contributed by atoms with Crippen molar-refractivity contribution >= 4 is 41.3 Å². The first-order valence-corrected chi connectivity index (χ1v) is 8.76. The Morgan fingerprint density at radius 1 is 1.25 bits per heavy atom. The van der Waals surface area contributed by atoms with Gasteiger partial charge in [0, 0.05) is 32.1 Å². The highest BCUT2D eigenvalue weighted by molar-refractivity contribution is 14.0. The van der Waals surface area contributed by atoms with Gasteiger partial charge in [-0.1, -0.05) is 18.2 Å². The highest BCUT2D eigenvalue weighted by Crippen LogP contribution is 2.13. The van der Waals surface area contributed by atoms with Gasteiger partial charge in [0.25, 0.3) is 0 Å². The molecule has 0 atom stereocenters. The lowest BCUT2D eigenvalue weighted by atomic mass is 10.2. The van der Waals surface area contributed by atoms with Gasteiger partial charge in [0.1, 0.15) is 5.75 Å². The fourth-order valence-electron chi connectivity index (χ4n) is 2.34. The summed E-state index contributed by atoms with van der Waals surface area (Å²) in [6, 6.07) is 12.5. The first kappa shape index (κ1) is 20.8. The summed E-state index contributed by atoms with van der Waals surface area (Å²) in [6.45, 7) is 4.39. The first-order chi connectivity index (χ1) is 11.2. The molecule has 0 spiro atoms. The van der Waals surface area contributed by atoms with Crippen molar-refractivity contribution in [3.8, 4) is 5.75 Å². The first-order valence-electron chi connectivity index (χ1n) is 7.88. The second kappa shape index (κ2) is 11.3. The van der Waals surface area contributed by atoms with Gasteiger partial charge in [0.05, 0.1) is 6.61 Å². The molecule has 1 aromatic carbocycles. The fraction of sp³-hybridized carbons (Fsp3) is 0.389. The number of thiophene rings is 1. The van der Waals surface area contributed by atoms with Crippen molar-refractivity contribution in [2.45, 2.75) is 19.9 Å². The lowest BCUT2D eigenvalue weighted by Gasteiger charge is -2.22. The number of aliphatic imine (C=N–C) groups is 1. The van der Waals surface area contributed by atoms with E-state index in [4.69, 9.17) is 4.74 Å². The smallest absolute Gasteiger partial charge is 0.193 e. The maximum Gasteiger partial charge on any atom is 0.193 e. The van der Waals surface area contributed by atoms with Crippen LogP contribution in [0.15, 0.2) is 46.8 Å². The van der Waals surface area contributed by atoms with Gasteiger partial charge in [-0.15, -0.1) is 35.3 Å². The summed E-state index contributed by atoms with van der Waals surface area (Å²) < 4.78 is 5.47. The standard InChI is InChI=1S/C18H25N3OS.HI/c1-4-22-16-9-7-15(8-10-16)14-21(3)18(19-2)20-12-11-17-6-5-13-23-17;/h5-10,13H,4,11-12,14H2,1-3H3,(H,19,20);1H. The summed E-state index contributed by atoms with van der Waals surface area (Å²) >= 11 is 1.79. The van der Waals surface area contributed by atoms with E-state index in [1.54, 1.807) is 11.3 Å². The lowest BCUT2D eigenvalue weighted by molar-refractivity contribution is 0.340. The number of rotatable bonds is 7. The topological polar surface area (TPSA) is 36.9 Å². The molecule has 4 nitrogen and oxygen atoms in total. The number of hydrogen-bond acceptors (Lipinski definition) is 3. The Balaban J connectivity index is 0.00000288. The minimum Gasteiger partial charge on any atom is -0.494 e. The van der Waals surface area contributed by atoms with Gasteiger partial charge >= 0.3 is 0 Å². The van der Waals surface area contributed by atoms with E-state index in [-0.39, 0.29) is 24.0 Å². The van der Waals surface area contributed by atoms with Crippen LogP contribution in [0.25, 0.3) is 0 Å². The van der Waals surface area contributed by atoms with Crippen molar-refractivity contribution in [1.82, 2.24) is 10.2 Å². The highest BCUT2D eigenvalue weighted by atomic mass is 127. The van der Waals surface area contributed by atoms with Gasteiger partial charge in [-0.25, -0.2) is 0 Å². The average Bonchev–Trinajstić information content (AvgIpc) is 3.07. The molecule has 0 aliphatic rings. The van der Waals surface area contributed by atoms with Gasteiger partial charge in [0.2, 0.25) is 0 Å². The molecule has 1 aromatic heterocycles. The summed E-state index contributed by atoms with van der Waals surface area (Å²) in [5, 5.41) is 5.53. The third-order valence-electron chi connectivity index (χ3n) is 3.46. The molecule has 0 amide bonds. The van der Waals surface area contributed by atoms with Gasteiger partial charge in [-0.2, -0.15) is 0 Å². The molecular weight excluding hydrogens is 433 g/mol. The predicted octanol–water partition coefficient (Wildman–Crippen LogP) is 4.01. The van der Waals surface area contributed by atoms with Crippen LogP contribution >= 0.6 is 35.3 Å². The van der Waals surface area contributed by atoms with Gasteiger partial charge in [0.15, 0.2) is 5.96 Å². The van der Waals surface area contributed by atoms with E-state index in [0.29, 0.717) is 6.61 Å². The Bertz CT molecular complexity index is 599. The van der Waals surface area contributed by atoms with Crippen molar-refractivity contribution in [2.75, 3.05) is 27.2 Å². The van der Waals surface area contributed by atoms with Crippen LogP contribution in [0, 0.1) is 0 Å². The molecule has 0 saturated carbocycles. The average molecular weight is 459 g/mol. The maximum atomic E-state index is 5.47. The summed E-state index contributed by atoms with van der Waals surface area (Å²) in [5.74, 6) is 1.83. The van der Waals surface area contributed by atoms with E-state index in [1.807, 2.05) is 26.1 Å². The minimum atomic E-state index is 0. The summed E-state index contributed by atoms with van der Waals surface area (Å²) in [5.41, 5.74) is 1.23. The zero-order chi connectivity index (χ0) is 16.5. The van der Waals surface area contributed by atoms with Crippen molar-refractivity contribution in [3.05, 3.63) is 52.2 Å². The maximum absolute atomic E-state index is 5.47. The molecule has 0 fully saturated rings. The SMILES string of the molecule is CCOc1ccc(CN(C)C(=NC)NCCc2cccs2)cc1.I. The van der Waals surface area contributed by atoms with Gasteiger partial charge in [-0.3, -0.25) is 4.99 Å². The van der Waals surface area contributed by atoms with Crippen LogP contribution in [0.1, 0.15) is 17.4 Å². The fourth-order valence-corrected chi connectivity index (χ4v) is 3.05.